The first-order chi connectivity index (χ1) is 9.09. The van der Waals surface area contributed by atoms with E-state index in [9.17, 15) is 4.79 Å². The smallest absolute Gasteiger partial charge is 0.341 e. The number of aryl methyl sites for hydroxylation is 2. The van der Waals surface area contributed by atoms with E-state index < -0.39 is 5.97 Å². The first-order valence-electron chi connectivity index (χ1n) is 5.83. The van der Waals surface area contributed by atoms with Gasteiger partial charge in [-0.3, -0.25) is 0 Å². The summed E-state index contributed by atoms with van der Waals surface area (Å²) in [6, 6.07) is 7.89. The molecule has 0 fully saturated rings. The molecule has 0 aliphatic heterocycles. The lowest BCUT2D eigenvalue weighted by Crippen LogP contribution is -1.99. The molecule has 19 heavy (non-hydrogen) atoms. The van der Waals surface area contributed by atoms with E-state index in [1.54, 1.807) is 0 Å². The van der Waals surface area contributed by atoms with Crippen molar-refractivity contribution in [3.05, 3.63) is 41.6 Å². The molecule has 0 amide bonds. The highest BCUT2D eigenvalue weighted by Gasteiger charge is 2.20. The molecular formula is C14H12N2O3. The van der Waals surface area contributed by atoms with Gasteiger partial charge < -0.3 is 14.2 Å². The first kappa shape index (κ1) is 11.5. The van der Waals surface area contributed by atoms with Crippen LogP contribution in [0.5, 0.6) is 0 Å². The van der Waals surface area contributed by atoms with Gasteiger partial charge in [0.05, 0.1) is 17.4 Å². The van der Waals surface area contributed by atoms with Gasteiger partial charge in [0.1, 0.15) is 5.56 Å². The number of aromatic carboxylic acids is 1. The monoisotopic (exact) mass is 256 g/mol. The Balaban J connectivity index is 2.32. The third-order valence-electron chi connectivity index (χ3n) is 3.29. The molecule has 5 heteroatoms. The number of para-hydroxylation sites is 1. The minimum Gasteiger partial charge on any atom is -0.477 e. The van der Waals surface area contributed by atoms with Gasteiger partial charge in [0.15, 0.2) is 5.76 Å². The standard InChI is InChI=1S/C14H12N2O3/c1-8-4-3-5-9-6-11(16(2)12(8)9)13-10(14(17)18)7-15-19-13/h3-7H,1-2H3,(H,17,18). The van der Waals surface area contributed by atoms with Crippen LogP contribution in [0, 0.1) is 6.92 Å². The summed E-state index contributed by atoms with van der Waals surface area (Å²) >= 11 is 0. The van der Waals surface area contributed by atoms with E-state index in [1.165, 1.54) is 6.20 Å². The molecule has 0 bridgehead atoms. The van der Waals surface area contributed by atoms with Crippen LogP contribution in [0.4, 0.5) is 0 Å². The fraction of sp³-hybridized carbons (Fsp3) is 0.143. The van der Waals surface area contributed by atoms with Gasteiger partial charge in [0, 0.05) is 12.4 Å². The maximum atomic E-state index is 11.1. The number of benzene rings is 1. The molecule has 0 saturated heterocycles. The zero-order valence-electron chi connectivity index (χ0n) is 10.5. The van der Waals surface area contributed by atoms with Crippen LogP contribution in [0.25, 0.3) is 22.4 Å². The van der Waals surface area contributed by atoms with Gasteiger partial charge in [0.2, 0.25) is 0 Å². The predicted octanol–water partition coefficient (Wildman–Crippen LogP) is 2.84. The van der Waals surface area contributed by atoms with Crippen molar-refractivity contribution >= 4 is 16.9 Å². The van der Waals surface area contributed by atoms with Gasteiger partial charge >= 0.3 is 5.97 Å². The number of fused-ring (bicyclic) bond motifs is 1. The molecule has 0 unspecified atom stereocenters. The number of hydrogen-bond donors (Lipinski definition) is 1. The average Bonchev–Trinajstić information content (AvgIpc) is 2.94. The maximum absolute atomic E-state index is 11.1. The van der Waals surface area contributed by atoms with Crippen LogP contribution in [0.1, 0.15) is 15.9 Å². The molecule has 96 valence electrons. The number of carboxylic acid groups (broad SMARTS) is 1. The highest BCUT2D eigenvalue weighted by molar-refractivity contribution is 5.96. The molecule has 1 aromatic carbocycles. The highest BCUT2D eigenvalue weighted by atomic mass is 16.5. The second-order valence-electron chi connectivity index (χ2n) is 4.48. The minimum atomic E-state index is -1.04. The summed E-state index contributed by atoms with van der Waals surface area (Å²) < 4.78 is 7.04. The van der Waals surface area contributed by atoms with Crippen molar-refractivity contribution in [1.82, 2.24) is 9.72 Å². The lowest BCUT2D eigenvalue weighted by Gasteiger charge is -2.03. The van der Waals surface area contributed by atoms with Gasteiger partial charge in [-0.2, -0.15) is 0 Å². The van der Waals surface area contributed by atoms with Crippen LogP contribution in [0.3, 0.4) is 0 Å². The van der Waals surface area contributed by atoms with Crippen LogP contribution < -0.4 is 0 Å². The molecule has 0 aliphatic carbocycles. The van der Waals surface area contributed by atoms with Gasteiger partial charge in [-0.25, -0.2) is 4.79 Å². The largest absolute Gasteiger partial charge is 0.477 e. The van der Waals surface area contributed by atoms with Gasteiger partial charge in [-0.15, -0.1) is 0 Å². The van der Waals surface area contributed by atoms with Crippen molar-refractivity contribution in [2.24, 2.45) is 7.05 Å². The summed E-state index contributed by atoms with van der Waals surface area (Å²) in [6.45, 7) is 2.02. The molecule has 5 nitrogen and oxygen atoms in total. The highest BCUT2D eigenvalue weighted by Crippen LogP contribution is 2.30. The van der Waals surface area contributed by atoms with E-state index in [4.69, 9.17) is 9.63 Å². The fourth-order valence-electron chi connectivity index (χ4n) is 2.42. The summed E-state index contributed by atoms with van der Waals surface area (Å²) in [5.74, 6) is -0.760. The molecule has 0 radical (unpaired) electrons. The molecule has 3 rings (SSSR count). The summed E-state index contributed by atoms with van der Waals surface area (Å²) in [5, 5.41) is 13.8. The Labute approximate surface area is 109 Å². The van der Waals surface area contributed by atoms with Crippen LogP contribution in [-0.4, -0.2) is 20.8 Å². The molecular weight excluding hydrogens is 244 g/mol. The Bertz CT molecular complexity index is 783. The third kappa shape index (κ3) is 1.62. The molecule has 2 heterocycles. The molecule has 0 aliphatic rings. The summed E-state index contributed by atoms with van der Waals surface area (Å²) in [4.78, 5) is 11.1. The van der Waals surface area contributed by atoms with Crippen molar-refractivity contribution in [3.63, 3.8) is 0 Å². The zero-order chi connectivity index (χ0) is 13.6. The van der Waals surface area contributed by atoms with E-state index in [-0.39, 0.29) is 11.3 Å². The molecule has 0 atom stereocenters. The summed E-state index contributed by atoms with van der Waals surface area (Å²) in [5.41, 5.74) is 2.97. The molecule has 3 aromatic rings. The molecule has 0 spiro atoms. The second-order valence-corrected chi connectivity index (χ2v) is 4.48. The third-order valence-corrected chi connectivity index (χ3v) is 3.29. The normalized spacial score (nSPS) is 11.1. The van der Waals surface area contributed by atoms with Crippen molar-refractivity contribution in [1.29, 1.82) is 0 Å². The zero-order valence-corrected chi connectivity index (χ0v) is 10.5. The van der Waals surface area contributed by atoms with Crippen molar-refractivity contribution in [2.45, 2.75) is 6.92 Å². The van der Waals surface area contributed by atoms with E-state index in [1.807, 2.05) is 42.8 Å². The Morgan fingerprint density at radius 3 is 2.89 bits per heavy atom. The number of carboxylic acids is 1. The van der Waals surface area contributed by atoms with Crippen LogP contribution in [0.2, 0.25) is 0 Å². The number of hydrogen-bond acceptors (Lipinski definition) is 3. The van der Waals surface area contributed by atoms with Crippen LogP contribution in [0.15, 0.2) is 35.0 Å². The minimum absolute atomic E-state index is 0.0727. The Morgan fingerprint density at radius 1 is 1.42 bits per heavy atom. The Kier molecular flexibility index (Phi) is 2.41. The fourth-order valence-corrected chi connectivity index (χ4v) is 2.42. The van der Waals surface area contributed by atoms with Gasteiger partial charge in [-0.1, -0.05) is 23.4 Å². The Hall–Kier alpha value is -2.56. The number of carbonyl (C=O) groups is 1. The number of rotatable bonds is 2. The van der Waals surface area contributed by atoms with Gasteiger partial charge in [-0.05, 0) is 18.6 Å². The van der Waals surface area contributed by atoms with E-state index >= 15 is 0 Å². The lowest BCUT2D eigenvalue weighted by molar-refractivity contribution is 0.0697. The quantitative estimate of drug-likeness (QED) is 0.765. The molecule has 0 saturated carbocycles. The van der Waals surface area contributed by atoms with E-state index in [2.05, 4.69) is 5.16 Å². The summed E-state index contributed by atoms with van der Waals surface area (Å²) in [6.07, 6.45) is 1.22. The SMILES string of the molecule is Cc1cccc2cc(-c3oncc3C(=O)O)n(C)c12. The second kappa shape index (κ2) is 3.98. The first-order valence-corrected chi connectivity index (χ1v) is 5.83. The van der Waals surface area contributed by atoms with Gasteiger partial charge in [0.25, 0.3) is 0 Å². The predicted molar refractivity (Wildman–Crippen MR) is 70.1 cm³/mol. The topological polar surface area (TPSA) is 68.3 Å². The summed E-state index contributed by atoms with van der Waals surface area (Å²) in [7, 11) is 1.89. The van der Waals surface area contributed by atoms with Crippen molar-refractivity contribution < 1.29 is 14.4 Å². The average molecular weight is 256 g/mol. The maximum Gasteiger partial charge on any atom is 0.341 e. The van der Waals surface area contributed by atoms with Crippen LogP contribution >= 0.6 is 0 Å². The Morgan fingerprint density at radius 2 is 2.21 bits per heavy atom. The van der Waals surface area contributed by atoms with Crippen molar-refractivity contribution in [2.75, 3.05) is 0 Å². The van der Waals surface area contributed by atoms with Crippen molar-refractivity contribution in [3.8, 4) is 11.5 Å². The van der Waals surface area contributed by atoms with E-state index in [0.29, 0.717) is 5.69 Å². The number of nitrogens with zero attached hydrogens (tertiary/aromatic N) is 2. The molecule has 2 aromatic heterocycles. The number of aromatic nitrogens is 2. The molecule has 1 N–H and O–H groups in total. The lowest BCUT2D eigenvalue weighted by atomic mass is 10.1. The van der Waals surface area contributed by atoms with E-state index in [0.717, 1.165) is 16.5 Å². The van der Waals surface area contributed by atoms with Crippen LogP contribution in [-0.2, 0) is 7.05 Å².